The van der Waals surface area contributed by atoms with E-state index in [1.165, 1.54) is 5.57 Å². The fourth-order valence-electron chi connectivity index (χ4n) is 1.74. The van der Waals surface area contributed by atoms with Gasteiger partial charge in [-0.15, -0.1) is 0 Å². The molecule has 0 aromatic carbocycles. The molecule has 1 aliphatic heterocycles. The highest BCUT2D eigenvalue weighted by Crippen LogP contribution is 2.22. The highest BCUT2D eigenvalue weighted by Gasteiger charge is 2.32. The molecule has 0 aromatic rings. The van der Waals surface area contributed by atoms with E-state index in [-0.39, 0.29) is 12.3 Å². The van der Waals surface area contributed by atoms with E-state index >= 15 is 0 Å². The van der Waals surface area contributed by atoms with Gasteiger partial charge in [-0.3, -0.25) is 0 Å². The summed E-state index contributed by atoms with van der Waals surface area (Å²) >= 11 is 0. The quantitative estimate of drug-likeness (QED) is 0.534. The normalized spacial score (nSPS) is 26.4. The number of carbonyl (C=O) groups excluding carboxylic acids is 1. The SMILES string of the molecule is CC(C)=CCCC(C)CC1OC(=O)C(C)O1. The van der Waals surface area contributed by atoms with Crippen LogP contribution in [-0.4, -0.2) is 18.4 Å². The lowest BCUT2D eigenvalue weighted by molar-refractivity contribution is -0.144. The summed E-state index contributed by atoms with van der Waals surface area (Å²) in [4.78, 5) is 11.1. The van der Waals surface area contributed by atoms with Crippen LogP contribution >= 0.6 is 0 Å². The van der Waals surface area contributed by atoms with Gasteiger partial charge in [-0.05, 0) is 39.5 Å². The molecule has 0 spiro atoms. The van der Waals surface area contributed by atoms with Gasteiger partial charge in [0, 0.05) is 6.42 Å². The van der Waals surface area contributed by atoms with Gasteiger partial charge in [0.05, 0.1) is 0 Å². The largest absolute Gasteiger partial charge is 0.434 e. The van der Waals surface area contributed by atoms with Crippen molar-refractivity contribution in [3.63, 3.8) is 0 Å². The van der Waals surface area contributed by atoms with Crippen molar-refractivity contribution in [3.05, 3.63) is 11.6 Å². The summed E-state index contributed by atoms with van der Waals surface area (Å²) in [5.74, 6) is 0.278. The second kappa shape index (κ2) is 6.04. The molecule has 0 aromatic heterocycles. The minimum absolute atomic E-state index is 0.235. The van der Waals surface area contributed by atoms with Crippen LogP contribution in [0.2, 0.25) is 0 Å². The summed E-state index contributed by atoms with van der Waals surface area (Å²) in [7, 11) is 0. The molecule has 3 nitrogen and oxygen atoms in total. The molecule has 0 N–H and O–H groups in total. The maximum Gasteiger partial charge on any atom is 0.337 e. The highest BCUT2D eigenvalue weighted by molar-refractivity contribution is 5.75. The van der Waals surface area contributed by atoms with Crippen LogP contribution in [0, 0.1) is 5.92 Å². The molecule has 0 aliphatic carbocycles. The lowest BCUT2D eigenvalue weighted by Crippen LogP contribution is -2.13. The van der Waals surface area contributed by atoms with Crippen molar-refractivity contribution in [2.75, 3.05) is 0 Å². The zero-order valence-electron chi connectivity index (χ0n) is 10.7. The standard InChI is InChI=1S/C13H22O3/c1-9(2)6-5-7-10(3)8-12-15-11(4)13(14)16-12/h6,10-12H,5,7-8H2,1-4H3. The van der Waals surface area contributed by atoms with Crippen molar-refractivity contribution in [1.29, 1.82) is 0 Å². The molecular formula is C13H22O3. The van der Waals surface area contributed by atoms with E-state index in [0.29, 0.717) is 5.92 Å². The Morgan fingerprint density at radius 3 is 2.69 bits per heavy atom. The summed E-state index contributed by atoms with van der Waals surface area (Å²) in [5, 5.41) is 0. The Hall–Kier alpha value is -0.830. The molecule has 92 valence electrons. The van der Waals surface area contributed by atoms with E-state index in [0.717, 1.165) is 19.3 Å². The molecule has 3 heteroatoms. The Labute approximate surface area is 97.8 Å². The predicted molar refractivity (Wildman–Crippen MR) is 62.9 cm³/mol. The third-order valence-electron chi connectivity index (χ3n) is 2.74. The molecule has 0 radical (unpaired) electrons. The number of rotatable bonds is 5. The van der Waals surface area contributed by atoms with E-state index < -0.39 is 6.10 Å². The maximum absolute atomic E-state index is 11.1. The molecule has 3 unspecified atom stereocenters. The summed E-state index contributed by atoms with van der Waals surface area (Å²) in [6.45, 7) is 8.11. The fourth-order valence-corrected chi connectivity index (χ4v) is 1.74. The Bertz CT molecular complexity index is 266. The number of allylic oxidation sites excluding steroid dienone is 2. The Morgan fingerprint density at radius 2 is 2.19 bits per heavy atom. The first-order chi connectivity index (χ1) is 7.49. The summed E-state index contributed by atoms with van der Waals surface area (Å²) in [6, 6.07) is 0. The van der Waals surface area contributed by atoms with Gasteiger partial charge < -0.3 is 9.47 Å². The van der Waals surface area contributed by atoms with Gasteiger partial charge in [0.2, 0.25) is 6.29 Å². The van der Waals surface area contributed by atoms with Crippen LogP contribution in [0.4, 0.5) is 0 Å². The maximum atomic E-state index is 11.1. The van der Waals surface area contributed by atoms with Gasteiger partial charge in [0.15, 0.2) is 6.10 Å². The molecular weight excluding hydrogens is 204 g/mol. The summed E-state index contributed by atoms with van der Waals surface area (Å²) < 4.78 is 10.5. The molecule has 1 rings (SSSR count). The average molecular weight is 226 g/mol. The zero-order valence-corrected chi connectivity index (χ0v) is 10.7. The van der Waals surface area contributed by atoms with E-state index in [4.69, 9.17) is 9.47 Å². The van der Waals surface area contributed by atoms with Crippen LogP contribution in [0.5, 0.6) is 0 Å². The molecule has 1 heterocycles. The molecule has 3 atom stereocenters. The van der Waals surface area contributed by atoms with E-state index in [2.05, 4.69) is 26.8 Å². The van der Waals surface area contributed by atoms with Crippen LogP contribution in [0.15, 0.2) is 11.6 Å². The van der Waals surface area contributed by atoms with Crippen LogP contribution in [0.1, 0.15) is 47.0 Å². The van der Waals surface area contributed by atoms with Crippen molar-refractivity contribution in [2.24, 2.45) is 5.92 Å². The first-order valence-electron chi connectivity index (χ1n) is 5.98. The van der Waals surface area contributed by atoms with Gasteiger partial charge in [0.25, 0.3) is 0 Å². The number of esters is 1. The third-order valence-corrected chi connectivity index (χ3v) is 2.74. The van der Waals surface area contributed by atoms with Crippen molar-refractivity contribution in [1.82, 2.24) is 0 Å². The molecule has 0 amide bonds. The van der Waals surface area contributed by atoms with Crippen molar-refractivity contribution in [3.8, 4) is 0 Å². The second-order valence-corrected chi connectivity index (χ2v) is 4.84. The number of hydrogen-bond donors (Lipinski definition) is 0. The van der Waals surface area contributed by atoms with Crippen molar-refractivity contribution in [2.45, 2.75) is 59.4 Å². The molecule has 16 heavy (non-hydrogen) atoms. The smallest absolute Gasteiger partial charge is 0.337 e. The minimum atomic E-state index is -0.394. The second-order valence-electron chi connectivity index (χ2n) is 4.84. The number of hydrogen-bond acceptors (Lipinski definition) is 3. The zero-order chi connectivity index (χ0) is 12.1. The molecule has 0 bridgehead atoms. The number of carbonyl (C=O) groups is 1. The van der Waals surface area contributed by atoms with Gasteiger partial charge in [0.1, 0.15) is 0 Å². The Morgan fingerprint density at radius 1 is 1.50 bits per heavy atom. The lowest BCUT2D eigenvalue weighted by Gasteiger charge is -2.14. The molecule has 1 aliphatic rings. The Kier molecular flexibility index (Phi) is 5.00. The monoisotopic (exact) mass is 226 g/mol. The average Bonchev–Trinajstić information content (AvgIpc) is 2.44. The topological polar surface area (TPSA) is 35.5 Å². The van der Waals surface area contributed by atoms with Gasteiger partial charge in [-0.2, -0.15) is 0 Å². The van der Waals surface area contributed by atoms with Crippen molar-refractivity contribution >= 4 is 5.97 Å². The summed E-state index contributed by atoms with van der Waals surface area (Å²) in [6.07, 6.45) is 4.50. The number of cyclic esters (lactones) is 1. The molecule has 0 saturated carbocycles. The lowest BCUT2D eigenvalue weighted by atomic mass is 10.0. The van der Waals surface area contributed by atoms with E-state index in [1.54, 1.807) is 6.92 Å². The minimum Gasteiger partial charge on any atom is -0.434 e. The third kappa shape index (κ3) is 4.35. The van der Waals surface area contributed by atoms with E-state index in [9.17, 15) is 4.79 Å². The van der Waals surface area contributed by atoms with Gasteiger partial charge >= 0.3 is 5.97 Å². The highest BCUT2D eigenvalue weighted by atomic mass is 16.7. The van der Waals surface area contributed by atoms with Gasteiger partial charge in [-0.1, -0.05) is 18.6 Å². The first-order valence-corrected chi connectivity index (χ1v) is 5.98. The van der Waals surface area contributed by atoms with Crippen LogP contribution in [0.3, 0.4) is 0 Å². The molecule has 1 saturated heterocycles. The van der Waals surface area contributed by atoms with Crippen molar-refractivity contribution < 1.29 is 14.3 Å². The predicted octanol–water partition coefficient (Wildman–Crippen LogP) is 3.05. The van der Waals surface area contributed by atoms with Crippen LogP contribution < -0.4 is 0 Å². The summed E-state index contributed by atoms with van der Waals surface area (Å²) in [5.41, 5.74) is 1.35. The van der Waals surface area contributed by atoms with Gasteiger partial charge in [-0.25, -0.2) is 4.79 Å². The fraction of sp³-hybridized carbons (Fsp3) is 0.769. The van der Waals surface area contributed by atoms with Crippen LogP contribution in [0.25, 0.3) is 0 Å². The van der Waals surface area contributed by atoms with Crippen LogP contribution in [-0.2, 0) is 14.3 Å². The first kappa shape index (κ1) is 13.2. The van der Waals surface area contributed by atoms with E-state index in [1.807, 2.05) is 0 Å². The number of ether oxygens (including phenoxy) is 2. The molecule has 1 fully saturated rings. The Balaban J connectivity index is 2.22.